The summed E-state index contributed by atoms with van der Waals surface area (Å²) in [7, 11) is 0. The maximum Gasteiger partial charge on any atom is 0.342 e. The molecule has 0 saturated carbocycles. The molecule has 6 heteroatoms. The molecule has 2 aromatic heterocycles. The van der Waals surface area contributed by atoms with Gasteiger partial charge in [0.2, 0.25) is 0 Å². The van der Waals surface area contributed by atoms with Gasteiger partial charge in [0.1, 0.15) is 23.1 Å². The highest BCUT2D eigenvalue weighted by atomic mass is 35.5. The van der Waals surface area contributed by atoms with E-state index in [1.165, 1.54) is 0 Å². The molecule has 0 aromatic carbocycles. The minimum atomic E-state index is -0.370. The maximum atomic E-state index is 12.3. The van der Waals surface area contributed by atoms with Crippen molar-refractivity contribution in [3.63, 3.8) is 0 Å². The number of nitrogens with zero attached hydrogens (tertiary/aromatic N) is 3. The number of ether oxygens (including phenoxy) is 1. The summed E-state index contributed by atoms with van der Waals surface area (Å²) in [5.41, 5.74) is 1.30. The van der Waals surface area contributed by atoms with Crippen molar-refractivity contribution in [1.29, 1.82) is 0 Å². The zero-order valence-corrected chi connectivity index (χ0v) is 12.8. The average molecular weight is 318 g/mol. The molecule has 0 unspecified atom stereocenters. The zero-order valence-electron chi connectivity index (χ0n) is 12.0. The van der Waals surface area contributed by atoms with Crippen LogP contribution in [0.15, 0.2) is 36.7 Å². The summed E-state index contributed by atoms with van der Waals surface area (Å²) >= 11 is 5.73. The number of esters is 1. The van der Waals surface area contributed by atoms with Crippen LogP contribution in [-0.4, -0.2) is 29.0 Å². The Balaban J connectivity index is 1.70. The predicted octanol–water partition coefficient (Wildman–Crippen LogP) is 3.09. The Kier molecular flexibility index (Phi) is 4.53. The van der Waals surface area contributed by atoms with Crippen LogP contribution >= 0.6 is 11.6 Å². The molecule has 0 radical (unpaired) electrons. The standard InChI is InChI=1S/C16H16ClN3O2/c17-14-6-5-12(10-19-14)11-22-16(21)13-4-3-7-18-15(13)20-8-1-2-9-20/h3-7,10H,1-2,8-9,11H2. The van der Waals surface area contributed by atoms with Gasteiger partial charge in [0.25, 0.3) is 0 Å². The molecule has 0 atom stereocenters. The maximum absolute atomic E-state index is 12.3. The minimum absolute atomic E-state index is 0.164. The van der Waals surface area contributed by atoms with E-state index in [-0.39, 0.29) is 12.6 Å². The molecule has 1 fully saturated rings. The van der Waals surface area contributed by atoms with Gasteiger partial charge in [-0.3, -0.25) is 0 Å². The molecule has 5 nitrogen and oxygen atoms in total. The summed E-state index contributed by atoms with van der Waals surface area (Å²) in [5.74, 6) is 0.337. The van der Waals surface area contributed by atoms with E-state index in [4.69, 9.17) is 16.3 Å². The normalized spacial score (nSPS) is 14.1. The molecule has 1 saturated heterocycles. The molecular formula is C16H16ClN3O2. The Bertz CT molecular complexity index is 655. The number of hydrogen-bond donors (Lipinski definition) is 0. The van der Waals surface area contributed by atoms with Crippen LogP contribution in [0, 0.1) is 0 Å². The lowest BCUT2D eigenvalue weighted by atomic mass is 10.2. The molecule has 2 aromatic rings. The second-order valence-electron chi connectivity index (χ2n) is 5.13. The summed E-state index contributed by atoms with van der Waals surface area (Å²) in [5, 5.41) is 0.415. The van der Waals surface area contributed by atoms with Gasteiger partial charge in [0.05, 0.1) is 0 Å². The van der Waals surface area contributed by atoms with Crippen LogP contribution < -0.4 is 4.90 Å². The van der Waals surface area contributed by atoms with Crippen LogP contribution in [0.1, 0.15) is 28.8 Å². The SMILES string of the molecule is O=C(OCc1ccc(Cl)nc1)c1cccnc1N1CCCC1. The van der Waals surface area contributed by atoms with Crippen LogP contribution in [0.3, 0.4) is 0 Å². The first-order valence-corrected chi connectivity index (χ1v) is 7.59. The van der Waals surface area contributed by atoms with Crippen molar-refractivity contribution in [3.05, 3.63) is 52.9 Å². The third kappa shape index (κ3) is 3.36. The molecule has 1 aliphatic rings. The highest BCUT2D eigenvalue weighted by molar-refractivity contribution is 6.29. The third-order valence-corrected chi connectivity index (χ3v) is 3.79. The molecule has 22 heavy (non-hydrogen) atoms. The minimum Gasteiger partial charge on any atom is -0.457 e. The van der Waals surface area contributed by atoms with E-state index in [0.717, 1.165) is 31.5 Å². The molecular weight excluding hydrogens is 302 g/mol. The van der Waals surface area contributed by atoms with Crippen molar-refractivity contribution < 1.29 is 9.53 Å². The van der Waals surface area contributed by atoms with Crippen molar-refractivity contribution in [2.24, 2.45) is 0 Å². The Morgan fingerprint density at radius 3 is 2.77 bits per heavy atom. The highest BCUT2D eigenvalue weighted by Gasteiger charge is 2.21. The summed E-state index contributed by atoms with van der Waals surface area (Å²) in [6, 6.07) is 6.96. The lowest BCUT2D eigenvalue weighted by Crippen LogP contribution is -2.22. The van der Waals surface area contributed by atoms with Gasteiger partial charge in [0, 0.05) is 31.0 Å². The first-order valence-electron chi connectivity index (χ1n) is 7.21. The molecule has 0 aliphatic carbocycles. The summed E-state index contributed by atoms with van der Waals surface area (Å²) in [4.78, 5) is 22.8. The fourth-order valence-corrected chi connectivity index (χ4v) is 2.57. The van der Waals surface area contributed by atoms with Crippen molar-refractivity contribution in [2.75, 3.05) is 18.0 Å². The van der Waals surface area contributed by atoms with Crippen molar-refractivity contribution >= 4 is 23.4 Å². The number of pyridine rings is 2. The largest absolute Gasteiger partial charge is 0.457 e. The third-order valence-electron chi connectivity index (χ3n) is 3.57. The van der Waals surface area contributed by atoms with Crippen LogP contribution in [-0.2, 0) is 11.3 Å². The molecule has 3 rings (SSSR count). The number of anilines is 1. The van der Waals surface area contributed by atoms with Crippen LogP contribution in [0.5, 0.6) is 0 Å². The Labute approximate surface area is 133 Å². The molecule has 0 amide bonds. The molecule has 0 N–H and O–H groups in total. The monoisotopic (exact) mass is 317 g/mol. The van der Waals surface area contributed by atoms with Gasteiger partial charge >= 0.3 is 5.97 Å². The van der Waals surface area contributed by atoms with E-state index < -0.39 is 0 Å². The lowest BCUT2D eigenvalue weighted by molar-refractivity contribution is 0.0472. The highest BCUT2D eigenvalue weighted by Crippen LogP contribution is 2.22. The molecule has 0 bridgehead atoms. The Hall–Kier alpha value is -2.14. The van der Waals surface area contributed by atoms with Crippen molar-refractivity contribution in [3.8, 4) is 0 Å². The summed E-state index contributed by atoms with van der Waals surface area (Å²) < 4.78 is 5.37. The number of rotatable bonds is 4. The van der Waals surface area contributed by atoms with E-state index in [1.54, 1.807) is 36.7 Å². The van der Waals surface area contributed by atoms with Crippen molar-refractivity contribution in [1.82, 2.24) is 9.97 Å². The molecule has 0 spiro atoms. The fraction of sp³-hybridized carbons (Fsp3) is 0.312. The summed E-state index contributed by atoms with van der Waals surface area (Å²) in [6.45, 7) is 2.02. The summed E-state index contributed by atoms with van der Waals surface area (Å²) in [6.07, 6.45) is 5.55. The number of carbonyl (C=O) groups excluding carboxylic acids is 1. The van der Waals surface area contributed by atoms with Gasteiger partial charge in [-0.25, -0.2) is 14.8 Å². The smallest absolute Gasteiger partial charge is 0.342 e. The van der Waals surface area contributed by atoms with Gasteiger partial charge in [-0.1, -0.05) is 17.7 Å². The van der Waals surface area contributed by atoms with Crippen LogP contribution in [0.2, 0.25) is 5.15 Å². The van der Waals surface area contributed by atoms with E-state index in [9.17, 15) is 4.79 Å². The predicted molar refractivity (Wildman–Crippen MR) is 84.1 cm³/mol. The molecule has 3 heterocycles. The van der Waals surface area contributed by atoms with E-state index in [2.05, 4.69) is 14.9 Å². The Morgan fingerprint density at radius 2 is 2.05 bits per heavy atom. The number of hydrogen-bond acceptors (Lipinski definition) is 5. The van der Waals surface area contributed by atoms with Gasteiger partial charge in [-0.2, -0.15) is 0 Å². The topological polar surface area (TPSA) is 55.3 Å². The van der Waals surface area contributed by atoms with Gasteiger partial charge < -0.3 is 9.64 Å². The van der Waals surface area contributed by atoms with Gasteiger partial charge in [-0.05, 0) is 31.0 Å². The quantitative estimate of drug-likeness (QED) is 0.640. The van der Waals surface area contributed by atoms with Gasteiger partial charge in [0.15, 0.2) is 0 Å². The Morgan fingerprint density at radius 1 is 1.23 bits per heavy atom. The van der Waals surface area contributed by atoms with Gasteiger partial charge in [-0.15, -0.1) is 0 Å². The number of carbonyl (C=O) groups is 1. The fourth-order valence-electron chi connectivity index (χ4n) is 2.46. The molecule has 1 aliphatic heterocycles. The van der Waals surface area contributed by atoms with Crippen LogP contribution in [0.25, 0.3) is 0 Å². The second kappa shape index (κ2) is 6.75. The average Bonchev–Trinajstić information content (AvgIpc) is 3.08. The zero-order chi connectivity index (χ0) is 15.4. The first-order chi connectivity index (χ1) is 10.7. The number of halogens is 1. The van der Waals surface area contributed by atoms with Crippen molar-refractivity contribution in [2.45, 2.75) is 19.4 Å². The number of aromatic nitrogens is 2. The first kappa shape index (κ1) is 14.8. The van der Waals surface area contributed by atoms with E-state index in [0.29, 0.717) is 16.5 Å². The molecule has 114 valence electrons. The second-order valence-corrected chi connectivity index (χ2v) is 5.52. The lowest BCUT2D eigenvalue weighted by Gasteiger charge is -2.18. The van der Waals surface area contributed by atoms with Crippen LogP contribution in [0.4, 0.5) is 5.82 Å². The van der Waals surface area contributed by atoms with E-state index in [1.807, 2.05) is 0 Å². The van der Waals surface area contributed by atoms with E-state index >= 15 is 0 Å².